The van der Waals surface area contributed by atoms with Gasteiger partial charge in [0, 0.05) is 35.3 Å². The third kappa shape index (κ3) is 3.44. The third-order valence-corrected chi connectivity index (χ3v) is 6.07. The molecule has 0 saturated carbocycles. The number of aromatic nitrogens is 3. The van der Waals surface area contributed by atoms with Crippen LogP contribution in [0.1, 0.15) is 11.1 Å². The Morgan fingerprint density at radius 1 is 0.909 bits per heavy atom. The van der Waals surface area contributed by atoms with Gasteiger partial charge >= 0.3 is 0 Å². The van der Waals surface area contributed by atoms with Crippen molar-refractivity contribution in [3.8, 4) is 39.8 Å². The van der Waals surface area contributed by atoms with Crippen LogP contribution in [0.5, 0.6) is 17.2 Å². The molecule has 3 aromatic rings. The standard InChI is InChI=1S/C27H23N3O3/c1-17-4-3-5-18(12-17)15-30-16-22-26(19-6-8-20(31-2)9-7-19)28-29-27(22)21-13-24-25(14-23(21)30)33-11-10-32-24/h3-9,12-14,16H,10-11,15H2,1-2H3. The van der Waals surface area contributed by atoms with Gasteiger partial charge in [-0.25, -0.2) is 0 Å². The molecule has 33 heavy (non-hydrogen) atoms. The normalized spacial score (nSPS) is 12.9. The summed E-state index contributed by atoms with van der Waals surface area (Å²) in [4.78, 5) is 0. The summed E-state index contributed by atoms with van der Waals surface area (Å²) in [6.07, 6.45) is 2.15. The molecule has 0 aromatic heterocycles. The van der Waals surface area contributed by atoms with E-state index in [1.807, 2.05) is 30.3 Å². The summed E-state index contributed by atoms with van der Waals surface area (Å²) in [7, 11) is 1.67. The molecule has 0 bridgehead atoms. The molecule has 0 amide bonds. The van der Waals surface area contributed by atoms with Crippen molar-refractivity contribution >= 4 is 10.9 Å². The zero-order chi connectivity index (χ0) is 22.4. The van der Waals surface area contributed by atoms with Gasteiger partial charge in [-0.2, -0.15) is 0 Å². The summed E-state index contributed by atoms with van der Waals surface area (Å²) in [5.41, 5.74) is 7.21. The zero-order valence-corrected chi connectivity index (χ0v) is 18.5. The number of hydrogen-bond donors (Lipinski definition) is 0. The summed E-state index contributed by atoms with van der Waals surface area (Å²) in [6.45, 7) is 3.93. The Balaban J connectivity index is 1.57. The van der Waals surface area contributed by atoms with E-state index in [9.17, 15) is 0 Å². The first-order valence-corrected chi connectivity index (χ1v) is 11.0. The van der Waals surface area contributed by atoms with Crippen LogP contribution >= 0.6 is 0 Å². The van der Waals surface area contributed by atoms with Crippen LogP contribution in [0.25, 0.3) is 33.4 Å². The first-order chi connectivity index (χ1) is 16.2. The van der Waals surface area contributed by atoms with Crippen molar-refractivity contribution < 1.29 is 14.2 Å². The maximum Gasteiger partial charge on any atom is 0.163 e. The number of aryl methyl sites for hydroxylation is 1. The second-order valence-electron chi connectivity index (χ2n) is 8.30. The summed E-state index contributed by atoms with van der Waals surface area (Å²) in [5.74, 6) is 2.32. The first-order valence-electron chi connectivity index (χ1n) is 11.0. The largest absolute Gasteiger partial charge is 0.497 e. The van der Waals surface area contributed by atoms with Crippen LogP contribution in [-0.4, -0.2) is 35.1 Å². The Morgan fingerprint density at radius 3 is 2.42 bits per heavy atom. The highest BCUT2D eigenvalue weighted by molar-refractivity contribution is 5.99. The van der Waals surface area contributed by atoms with E-state index in [0.29, 0.717) is 13.2 Å². The summed E-state index contributed by atoms with van der Waals surface area (Å²) in [6, 6.07) is 20.6. The van der Waals surface area contributed by atoms with Gasteiger partial charge in [-0.15, -0.1) is 10.2 Å². The quantitative estimate of drug-likeness (QED) is 0.380. The molecule has 0 radical (unpaired) electrons. The van der Waals surface area contributed by atoms with E-state index < -0.39 is 0 Å². The second kappa shape index (κ2) is 7.81. The fourth-order valence-corrected chi connectivity index (χ4v) is 4.47. The van der Waals surface area contributed by atoms with E-state index in [-0.39, 0.29) is 0 Å². The zero-order valence-electron chi connectivity index (χ0n) is 18.5. The highest BCUT2D eigenvalue weighted by atomic mass is 16.6. The second-order valence-corrected chi connectivity index (χ2v) is 8.30. The maximum atomic E-state index is 5.88. The monoisotopic (exact) mass is 437 g/mol. The van der Waals surface area contributed by atoms with Crippen LogP contribution in [0, 0.1) is 6.92 Å². The topological polar surface area (TPSA) is 58.4 Å². The molecule has 0 atom stereocenters. The van der Waals surface area contributed by atoms with Crippen LogP contribution in [-0.2, 0) is 6.54 Å². The SMILES string of the molecule is COc1ccc(-c2nnc3c4cc5c(cc4n(Cc4cccc(C)c4)cc2-3)OCCO5)cc1. The molecule has 3 heterocycles. The molecule has 0 spiro atoms. The molecule has 6 rings (SSSR count). The van der Waals surface area contributed by atoms with Gasteiger partial charge in [0.1, 0.15) is 30.4 Å². The van der Waals surface area contributed by atoms with Crippen molar-refractivity contribution in [3.63, 3.8) is 0 Å². The van der Waals surface area contributed by atoms with Gasteiger partial charge in [0.15, 0.2) is 11.5 Å². The van der Waals surface area contributed by atoms with Gasteiger partial charge in [0.05, 0.1) is 12.6 Å². The predicted molar refractivity (Wildman–Crippen MR) is 127 cm³/mol. The van der Waals surface area contributed by atoms with E-state index in [4.69, 9.17) is 14.2 Å². The molecule has 0 saturated heterocycles. The lowest BCUT2D eigenvalue weighted by atomic mass is 10.0. The van der Waals surface area contributed by atoms with Crippen molar-refractivity contribution in [2.75, 3.05) is 20.3 Å². The van der Waals surface area contributed by atoms with E-state index >= 15 is 0 Å². The molecule has 0 fully saturated rings. The van der Waals surface area contributed by atoms with E-state index in [1.165, 1.54) is 11.1 Å². The number of ether oxygens (including phenoxy) is 3. The van der Waals surface area contributed by atoms with E-state index in [2.05, 4.69) is 58.2 Å². The summed E-state index contributed by atoms with van der Waals surface area (Å²) in [5, 5.41) is 10.2. The van der Waals surface area contributed by atoms with Gasteiger partial charge in [-0.05, 0) is 42.8 Å². The molecule has 6 nitrogen and oxygen atoms in total. The molecule has 164 valence electrons. The Bertz CT molecular complexity index is 1440. The number of rotatable bonds is 4. The average molecular weight is 437 g/mol. The highest BCUT2D eigenvalue weighted by Gasteiger charge is 2.23. The average Bonchev–Trinajstić information content (AvgIpc) is 3.27. The van der Waals surface area contributed by atoms with E-state index in [1.54, 1.807) is 7.11 Å². The molecule has 3 aliphatic rings. The molecule has 0 N–H and O–H groups in total. The summed E-state index contributed by atoms with van der Waals surface area (Å²) >= 11 is 0. The van der Waals surface area contributed by atoms with Gasteiger partial charge in [-0.1, -0.05) is 29.8 Å². The molecule has 3 aromatic carbocycles. The lowest BCUT2D eigenvalue weighted by Gasteiger charge is -2.21. The van der Waals surface area contributed by atoms with Gasteiger partial charge in [0.2, 0.25) is 0 Å². The molecule has 0 aliphatic carbocycles. The minimum absolute atomic E-state index is 0.543. The number of hydrogen-bond acceptors (Lipinski definition) is 5. The van der Waals surface area contributed by atoms with Crippen LogP contribution in [0.3, 0.4) is 0 Å². The van der Waals surface area contributed by atoms with Crippen LogP contribution in [0.2, 0.25) is 0 Å². The number of fused-ring (bicyclic) bond motifs is 4. The number of nitrogens with zero attached hydrogens (tertiary/aromatic N) is 3. The maximum absolute atomic E-state index is 5.88. The summed E-state index contributed by atoms with van der Waals surface area (Å²) < 4.78 is 19.3. The highest BCUT2D eigenvalue weighted by Crippen LogP contribution is 2.42. The predicted octanol–water partition coefficient (Wildman–Crippen LogP) is 5.34. The first kappa shape index (κ1) is 19.6. The van der Waals surface area contributed by atoms with Crippen LogP contribution in [0.15, 0.2) is 66.9 Å². The Kier molecular flexibility index (Phi) is 4.64. The third-order valence-electron chi connectivity index (χ3n) is 6.07. The lowest BCUT2D eigenvalue weighted by molar-refractivity contribution is 0.172. The van der Waals surface area contributed by atoms with Crippen molar-refractivity contribution in [1.82, 2.24) is 14.8 Å². The van der Waals surface area contributed by atoms with Crippen LogP contribution < -0.4 is 14.2 Å². The minimum atomic E-state index is 0.543. The number of pyridine rings is 1. The van der Waals surface area contributed by atoms with Crippen LogP contribution in [0.4, 0.5) is 0 Å². The molecule has 0 unspecified atom stereocenters. The van der Waals surface area contributed by atoms with Crippen molar-refractivity contribution in [1.29, 1.82) is 0 Å². The Labute approximate surface area is 191 Å². The van der Waals surface area contributed by atoms with Gasteiger partial charge < -0.3 is 18.8 Å². The van der Waals surface area contributed by atoms with Gasteiger partial charge in [-0.3, -0.25) is 0 Å². The molecule has 3 aliphatic heterocycles. The van der Waals surface area contributed by atoms with Gasteiger partial charge in [0.25, 0.3) is 0 Å². The lowest BCUT2D eigenvalue weighted by Crippen LogP contribution is -2.15. The number of benzene rings is 3. The molecular weight excluding hydrogens is 414 g/mol. The number of methoxy groups -OCH3 is 1. The molecule has 6 heteroatoms. The van der Waals surface area contributed by atoms with E-state index in [0.717, 1.165) is 57.2 Å². The van der Waals surface area contributed by atoms with Crippen molar-refractivity contribution in [3.05, 3.63) is 78.0 Å². The fourth-order valence-electron chi connectivity index (χ4n) is 4.47. The Hall–Kier alpha value is -4.06. The van der Waals surface area contributed by atoms with Crippen molar-refractivity contribution in [2.45, 2.75) is 13.5 Å². The van der Waals surface area contributed by atoms with Crippen molar-refractivity contribution in [2.24, 2.45) is 0 Å². The smallest absolute Gasteiger partial charge is 0.163 e. The minimum Gasteiger partial charge on any atom is -0.497 e. The molecular formula is C27H23N3O3. The Morgan fingerprint density at radius 2 is 1.67 bits per heavy atom. The fraction of sp³-hybridized carbons (Fsp3) is 0.185.